The molecule has 0 amide bonds. The van der Waals surface area contributed by atoms with Crippen molar-refractivity contribution in [2.75, 3.05) is 47.5 Å². The summed E-state index contributed by atoms with van der Waals surface area (Å²) < 4.78 is 33.4. The number of hydrogen-bond acceptors (Lipinski definition) is 6. The zero-order valence-corrected chi connectivity index (χ0v) is 29.9. The van der Waals surface area contributed by atoms with Crippen molar-refractivity contribution in [3.63, 3.8) is 0 Å². The molecule has 3 saturated carbocycles. The van der Waals surface area contributed by atoms with Gasteiger partial charge in [0.25, 0.3) is 0 Å². The van der Waals surface area contributed by atoms with E-state index in [9.17, 15) is 14.3 Å². The van der Waals surface area contributed by atoms with Crippen molar-refractivity contribution < 1.29 is 37.3 Å². The average molecular weight is 641 g/mol. The number of carbonyl (C=O) groups is 1. The highest BCUT2D eigenvalue weighted by atomic mass is 31.2. The van der Waals surface area contributed by atoms with E-state index in [0.29, 0.717) is 16.4 Å². The molecule has 0 aromatic rings. The molecule has 44 heavy (non-hydrogen) atoms. The second kappa shape index (κ2) is 14.5. The highest BCUT2D eigenvalue weighted by Crippen LogP contribution is 2.67. The maximum atomic E-state index is 12.4. The number of allylic oxidation sites excluding steroid dienone is 1. The van der Waals surface area contributed by atoms with Crippen molar-refractivity contribution in [2.45, 2.75) is 111 Å². The summed E-state index contributed by atoms with van der Waals surface area (Å²) in [6.45, 7) is 12.6. The Balaban J connectivity index is 1.24. The first-order valence-corrected chi connectivity index (χ1v) is 19.0. The fourth-order valence-electron chi connectivity index (χ4n) is 9.67. The van der Waals surface area contributed by atoms with Gasteiger partial charge in [-0.15, -0.1) is 0 Å². The lowest BCUT2D eigenvalue weighted by Gasteiger charge is -2.58. The highest BCUT2D eigenvalue weighted by molar-refractivity contribution is 7.47. The van der Waals surface area contributed by atoms with Gasteiger partial charge >= 0.3 is 14.0 Å². The predicted molar refractivity (Wildman–Crippen MR) is 174 cm³/mol. The molecule has 254 valence electrons. The number of phosphoric ester groups is 1. The van der Waals surface area contributed by atoms with Gasteiger partial charge in [-0.3, -0.25) is 9.05 Å². The van der Waals surface area contributed by atoms with Gasteiger partial charge in [-0.05, 0) is 91.3 Å². The predicted octanol–water partition coefficient (Wildman–Crippen LogP) is 8.39. The van der Waals surface area contributed by atoms with Crippen molar-refractivity contribution in [1.29, 1.82) is 0 Å². The minimum absolute atomic E-state index is 0.0937. The molecule has 0 saturated heterocycles. The molecule has 8 nitrogen and oxygen atoms in total. The van der Waals surface area contributed by atoms with Crippen LogP contribution in [0.25, 0.3) is 0 Å². The largest absolute Gasteiger partial charge is 0.508 e. The van der Waals surface area contributed by atoms with Gasteiger partial charge in [0.05, 0.1) is 27.7 Å². The number of carbonyl (C=O) groups excluding carboxylic acids is 1. The number of quaternary nitrogens is 1. The number of phosphoric acid groups is 1. The molecule has 0 aromatic heterocycles. The Labute approximate surface area is 267 Å². The normalized spacial score (nSPS) is 35.6. The molecule has 0 spiro atoms. The molecule has 4 aliphatic carbocycles. The minimum Gasteiger partial charge on any atom is -0.432 e. The molecule has 0 heterocycles. The molecule has 4 aliphatic rings. The van der Waals surface area contributed by atoms with Crippen LogP contribution in [0.2, 0.25) is 0 Å². The lowest BCUT2D eigenvalue weighted by molar-refractivity contribution is -0.870. The van der Waals surface area contributed by atoms with Gasteiger partial charge in [0.15, 0.2) is 0 Å². The van der Waals surface area contributed by atoms with Crippen molar-refractivity contribution in [2.24, 2.45) is 46.3 Å². The van der Waals surface area contributed by atoms with Crippen LogP contribution in [0.15, 0.2) is 11.6 Å². The second-order valence-corrected chi connectivity index (χ2v) is 18.0. The Morgan fingerprint density at radius 1 is 1.00 bits per heavy atom. The molecule has 0 bridgehead atoms. The third-order valence-electron chi connectivity index (χ3n) is 12.1. The number of rotatable bonds is 14. The van der Waals surface area contributed by atoms with Gasteiger partial charge in [0.1, 0.15) is 25.9 Å². The smallest absolute Gasteiger partial charge is 0.432 e. The molecular formula is C35H63NO7P+. The van der Waals surface area contributed by atoms with Gasteiger partial charge < -0.3 is 18.9 Å². The Hall–Kier alpha value is -0.920. The summed E-state index contributed by atoms with van der Waals surface area (Å²) in [6.07, 6.45) is 15.0. The molecular weight excluding hydrogens is 577 g/mol. The monoisotopic (exact) mass is 640 g/mol. The maximum absolute atomic E-state index is 12.4. The Morgan fingerprint density at radius 2 is 1.73 bits per heavy atom. The molecule has 9 atom stereocenters. The summed E-state index contributed by atoms with van der Waals surface area (Å²) in [5.74, 6) is 4.82. The van der Waals surface area contributed by atoms with Gasteiger partial charge in [-0.1, -0.05) is 65.5 Å². The third-order valence-corrected chi connectivity index (χ3v) is 13.1. The third kappa shape index (κ3) is 8.70. The van der Waals surface area contributed by atoms with Crippen LogP contribution in [-0.4, -0.2) is 69.1 Å². The van der Waals surface area contributed by atoms with Crippen LogP contribution < -0.4 is 0 Å². The summed E-state index contributed by atoms with van der Waals surface area (Å²) in [5, 5.41) is 0. The summed E-state index contributed by atoms with van der Waals surface area (Å²) in [5.41, 5.74) is 2.14. The standard InChI is InChI=1S/C35H62NO7P/c1-25(2)10-9-11-26(3)30-14-15-31-29-13-12-27-24-28(16-18-34(27,4)32(29)17-19-35(30,31)5)43-33(37)40-22-23-42-44(38,39)41-21-20-36(6,7)8/h12,25-26,28-32H,9-11,13-24H2,1-8H3/p+1/t26-,28+,29+,30-,31+,32+,34+,35-/m1/s1. The van der Waals surface area contributed by atoms with Crippen molar-refractivity contribution in [1.82, 2.24) is 0 Å². The van der Waals surface area contributed by atoms with Crippen LogP contribution in [0.1, 0.15) is 105 Å². The van der Waals surface area contributed by atoms with Crippen LogP contribution in [-0.2, 0) is 23.1 Å². The number of likely N-dealkylation sites (N-methyl/N-ethyl adjacent to an activating group) is 1. The Bertz CT molecular complexity index is 1060. The van der Waals surface area contributed by atoms with Crippen LogP contribution in [0.4, 0.5) is 4.79 Å². The lowest BCUT2D eigenvalue weighted by Crippen LogP contribution is -2.51. The van der Waals surface area contributed by atoms with Crippen molar-refractivity contribution in [3.8, 4) is 0 Å². The molecule has 3 fully saturated rings. The molecule has 0 radical (unpaired) electrons. The molecule has 0 aromatic carbocycles. The van der Waals surface area contributed by atoms with E-state index >= 15 is 0 Å². The van der Waals surface area contributed by atoms with E-state index in [0.717, 1.165) is 61.2 Å². The van der Waals surface area contributed by atoms with E-state index < -0.39 is 14.0 Å². The van der Waals surface area contributed by atoms with Crippen LogP contribution >= 0.6 is 7.82 Å². The number of nitrogens with zero attached hydrogens (tertiary/aromatic N) is 1. The van der Waals surface area contributed by atoms with E-state index in [4.69, 9.17) is 18.5 Å². The van der Waals surface area contributed by atoms with Crippen LogP contribution in [0.3, 0.4) is 0 Å². The summed E-state index contributed by atoms with van der Waals surface area (Å²) in [6, 6.07) is 0. The van der Waals surface area contributed by atoms with Gasteiger partial charge in [0, 0.05) is 6.42 Å². The summed E-state index contributed by atoms with van der Waals surface area (Å²) in [4.78, 5) is 22.3. The van der Waals surface area contributed by atoms with Crippen LogP contribution in [0.5, 0.6) is 0 Å². The SMILES string of the molecule is CC(C)CCC[C@@H](C)[C@H]1CC[C@H]2[C@@H]3CC=C4C[C@@H](OC(=O)OCCOP(=O)(O)OCC[N+](C)(C)C)CC[C@]4(C)[C@H]3CC[C@]12C. The lowest BCUT2D eigenvalue weighted by atomic mass is 9.47. The first-order chi connectivity index (χ1) is 20.5. The number of hydrogen-bond donors (Lipinski definition) is 1. The fourth-order valence-corrected chi connectivity index (χ4v) is 10.4. The van der Waals surface area contributed by atoms with Gasteiger partial charge in [-0.25, -0.2) is 9.36 Å². The number of ether oxygens (including phenoxy) is 2. The quantitative estimate of drug-likeness (QED) is 0.0670. The van der Waals surface area contributed by atoms with E-state index in [1.54, 1.807) is 0 Å². The topological polar surface area (TPSA) is 91.3 Å². The fraction of sp³-hybridized carbons (Fsp3) is 0.914. The highest BCUT2D eigenvalue weighted by Gasteiger charge is 2.59. The van der Waals surface area contributed by atoms with Crippen LogP contribution in [0, 0.1) is 46.3 Å². The summed E-state index contributed by atoms with van der Waals surface area (Å²) in [7, 11) is 1.71. The van der Waals surface area contributed by atoms with Gasteiger partial charge in [0.2, 0.25) is 0 Å². The molecule has 0 aliphatic heterocycles. The van der Waals surface area contributed by atoms with E-state index in [1.807, 2.05) is 21.1 Å². The molecule has 1 unspecified atom stereocenters. The van der Waals surface area contributed by atoms with E-state index in [1.165, 1.54) is 50.5 Å². The molecule has 9 heteroatoms. The van der Waals surface area contributed by atoms with Crippen molar-refractivity contribution in [3.05, 3.63) is 11.6 Å². The zero-order valence-electron chi connectivity index (χ0n) is 29.0. The van der Waals surface area contributed by atoms with Crippen molar-refractivity contribution >= 4 is 14.0 Å². The summed E-state index contributed by atoms with van der Waals surface area (Å²) >= 11 is 0. The van der Waals surface area contributed by atoms with Gasteiger partial charge in [-0.2, -0.15) is 0 Å². The Morgan fingerprint density at radius 3 is 2.43 bits per heavy atom. The maximum Gasteiger partial charge on any atom is 0.508 e. The van der Waals surface area contributed by atoms with E-state index in [2.05, 4.69) is 40.7 Å². The number of fused-ring (bicyclic) bond motifs is 5. The van der Waals surface area contributed by atoms with E-state index in [-0.39, 0.29) is 31.3 Å². The average Bonchev–Trinajstić information content (AvgIpc) is 3.27. The molecule has 4 rings (SSSR count). The molecule has 1 N–H and O–H groups in total. The minimum atomic E-state index is -4.19. The Kier molecular flexibility index (Phi) is 11.8. The zero-order chi connectivity index (χ0) is 32.3. The first-order valence-electron chi connectivity index (χ1n) is 17.5. The second-order valence-electron chi connectivity index (χ2n) is 16.5. The first kappa shape index (κ1) is 35.9.